The molecule has 82 valence electrons. The van der Waals surface area contributed by atoms with Gasteiger partial charge in [-0.05, 0) is 41.8 Å². The van der Waals surface area contributed by atoms with E-state index in [1.54, 1.807) is 11.3 Å². The van der Waals surface area contributed by atoms with Crippen LogP contribution in [0.4, 0.5) is 0 Å². The number of hydrogen-bond donors (Lipinski definition) is 0. The average molecular weight is 223 g/mol. The van der Waals surface area contributed by atoms with Crippen molar-refractivity contribution in [1.82, 2.24) is 4.90 Å². The Labute approximate surface area is 94.9 Å². The maximum Gasteiger partial charge on any atom is 0.0536 e. The largest absolute Gasteiger partial charge is 0.381 e. The summed E-state index contributed by atoms with van der Waals surface area (Å²) in [5.74, 6) is 0. The summed E-state index contributed by atoms with van der Waals surface area (Å²) in [5, 5.41) is 4.43. The molecule has 0 N–H and O–H groups in total. The highest BCUT2D eigenvalue weighted by molar-refractivity contribution is 7.07. The van der Waals surface area contributed by atoms with E-state index in [0.29, 0.717) is 5.41 Å². The number of ether oxygens (including phenoxy) is 1. The van der Waals surface area contributed by atoms with E-state index >= 15 is 0 Å². The minimum Gasteiger partial charge on any atom is -0.381 e. The van der Waals surface area contributed by atoms with E-state index in [2.05, 4.69) is 21.7 Å². The predicted molar refractivity (Wildman–Crippen MR) is 62.1 cm³/mol. The maximum atomic E-state index is 5.54. The van der Waals surface area contributed by atoms with Gasteiger partial charge in [0.25, 0.3) is 0 Å². The first-order valence-corrected chi connectivity index (χ1v) is 6.62. The normalized spacial score (nSPS) is 31.7. The first kappa shape index (κ1) is 9.82. The van der Waals surface area contributed by atoms with E-state index in [-0.39, 0.29) is 0 Å². The zero-order chi connectivity index (χ0) is 10.1. The summed E-state index contributed by atoms with van der Waals surface area (Å²) in [5.41, 5.74) is 1.98. The number of nitrogens with zero attached hydrogens (tertiary/aromatic N) is 1. The average Bonchev–Trinajstić information content (AvgIpc) is 2.92. The molecule has 2 aliphatic rings. The minimum atomic E-state index is 0.510. The van der Waals surface area contributed by atoms with Gasteiger partial charge in [0, 0.05) is 25.1 Å². The van der Waals surface area contributed by atoms with Crippen LogP contribution in [0.2, 0.25) is 0 Å². The van der Waals surface area contributed by atoms with Crippen LogP contribution in [-0.2, 0) is 11.3 Å². The van der Waals surface area contributed by atoms with E-state index in [0.717, 1.165) is 19.8 Å². The molecular formula is C12H17NOS. The summed E-state index contributed by atoms with van der Waals surface area (Å²) < 4.78 is 5.54. The van der Waals surface area contributed by atoms with Gasteiger partial charge < -0.3 is 4.74 Å². The monoisotopic (exact) mass is 223 g/mol. The lowest BCUT2D eigenvalue weighted by Gasteiger charge is -2.21. The van der Waals surface area contributed by atoms with Gasteiger partial charge in [0.2, 0.25) is 0 Å². The number of likely N-dealkylation sites (tertiary alicyclic amines) is 1. The SMILES string of the molecule is c1cc(CN2CCC3(CCOC3)C2)cs1. The highest BCUT2D eigenvalue weighted by Crippen LogP contribution is 2.38. The zero-order valence-electron chi connectivity index (χ0n) is 8.95. The molecule has 3 rings (SSSR count). The molecule has 1 unspecified atom stereocenters. The van der Waals surface area contributed by atoms with E-state index in [1.807, 2.05) is 0 Å². The first-order valence-electron chi connectivity index (χ1n) is 5.68. The van der Waals surface area contributed by atoms with E-state index in [1.165, 1.54) is 31.5 Å². The number of hydrogen-bond acceptors (Lipinski definition) is 3. The van der Waals surface area contributed by atoms with Gasteiger partial charge in [0.1, 0.15) is 0 Å². The van der Waals surface area contributed by atoms with Crippen LogP contribution in [0.25, 0.3) is 0 Å². The molecule has 1 aromatic heterocycles. The molecule has 3 heterocycles. The second-order valence-electron chi connectivity index (χ2n) is 4.89. The smallest absolute Gasteiger partial charge is 0.0536 e. The van der Waals surface area contributed by atoms with Gasteiger partial charge in [-0.1, -0.05) is 0 Å². The fraction of sp³-hybridized carbons (Fsp3) is 0.667. The van der Waals surface area contributed by atoms with Crippen molar-refractivity contribution >= 4 is 11.3 Å². The van der Waals surface area contributed by atoms with Crippen molar-refractivity contribution in [3.63, 3.8) is 0 Å². The fourth-order valence-electron chi connectivity index (χ4n) is 2.77. The molecule has 0 saturated carbocycles. The van der Waals surface area contributed by atoms with Crippen molar-refractivity contribution in [2.75, 3.05) is 26.3 Å². The molecule has 0 radical (unpaired) electrons. The lowest BCUT2D eigenvalue weighted by molar-refractivity contribution is 0.151. The summed E-state index contributed by atoms with van der Waals surface area (Å²) in [6, 6.07) is 2.24. The summed E-state index contributed by atoms with van der Waals surface area (Å²) in [4.78, 5) is 2.58. The molecular weight excluding hydrogens is 206 g/mol. The predicted octanol–water partition coefficient (Wildman–Crippen LogP) is 2.36. The van der Waals surface area contributed by atoms with Crippen LogP contribution < -0.4 is 0 Å². The third-order valence-electron chi connectivity index (χ3n) is 3.69. The molecule has 1 aromatic rings. The summed E-state index contributed by atoms with van der Waals surface area (Å²) in [6.07, 6.45) is 2.60. The highest BCUT2D eigenvalue weighted by atomic mass is 32.1. The van der Waals surface area contributed by atoms with E-state index < -0.39 is 0 Å². The number of thiophene rings is 1. The van der Waals surface area contributed by atoms with Gasteiger partial charge in [-0.25, -0.2) is 0 Å². The lowest BCUT2D eigenvalue weighted by atomic mass is 9.87. The highest BCUT2D eigenvalue weighted by Gasteiger charge is 2.40. The Hall–Kier alpha value is -0.380. The molecule has 3 heteroatoms. The summed E-state index contributed by atoms with van der Waals surface area (Å²) >= 11 is 1.80. The Morgan fingerprint density at radius 3 is 3.20 bits per heavy atom. The van der Waals surface area contributed by atoms with Gasteiger partial charge in [0.05, 0.1) is 6.61 Å². The third kappa shape index (κ3) is 1.96. The molecule has 0 amide bonds. The summed E-state index contributed by atoms with van der Waals surface area (Å²) in [7, 11) is 0. The Balaban J connectivity index is 1.61. The second kappa shape index (κ2) is 3.89. The topological polar surface area (TPSA) is 12.5 Å². The molecule has 0 aliphatic carbocycles. The van der Waals surface area contributed by atoms with Crippen LogP contribution in [0.5, 0.6) is 0 Å². The standard InChI is InChI=1S/C12H17NOS/c1-6-15-8-11(1)7-13-4-2-12(9-13)3-5-14-10-12/h1,6,8H,2-5,7,9-10H2. The van der Waals surface area contributed by atoms with Gasteiger partial charge >= 0.3 is 0 Å². The van der Waals surface area contributed by atoms with Crippen LogP contribution in [0.15, 0.2) is 16.8 Å². The van der Waals surface area contributed by atoms with Crippen LogP contribution in [0.3, 0.4) is 0 Å². The van der Waals surface area contributed by atoms with E-state index in [4.69, 9.17) is 4.74 Å². The van der Waals surface area contributed by atoms with Crippen LogP contribution >= 0.6 is 11.3 Å². The molecule has 1 atom stereocenters. The van der Waals surface area contributed by atoms with Crippen LogP contribution in [0.1, 0.15) is 18.4 Å². The van der Waals surface area contributed by atoms with Crippen LogP contribution in [-0.4, -0.2) is 31.2 Å². The van der Waals surface area contributed by atoms with Crippen LogP contribution in [0, 0.1) is 5.41 Å². The van der Waals surface area contributed by atoms with Crippen molar-refractivity contribution in [1.29, 1.82) is 0 Å². The number of rotatable bonds is 2. The maximum absolute atomic E-state index is 5.54. The minimum absolute atomic E-state index is 0.510. The first-order chi connectivity index (χ1) is 7.36. The Kier molecular flexibility index (Phi) is 2.54. The van der Waals surface area contributed by atoms with Crippen molar-refractivity contribution in [2.24, 2.45) is 5.41 Å². The molecule has 1 spiro atoms. The quantitative estimate of drug-likeness (QED) is 0.763. The molecule has 2 nitrogen and oxygen atoms in total. The second-order valence-corrected chi connectivity index (χ2v) is 5.67. The molecule has 2 saturated heterocycles. The molecule has 15 heavy (non-hydrogen) atoms. The van der Waals surface area contributed by atoms with Crippen molar-refractivity contribution < 1.29 is 4.74 Å². The van der Waals surface area contributed by atoms with E-state index in [9.17, 15) is 0 Å². The van der Waals surface area contributed by atoms with Gasteiger partial charge in [-0.2, -0.15) is 11.3 Å². The summed E-state index contributed by atoms with van der Waals surface area (Å²) in [6.45, 7) is 5.59. The van der Waals surface area contributed by atoms with Gasteiger partial charge in [-0.15, -0.1) is 0 Å². The Morgan fingerprint density at radius 2 is 2.47 bits per heavy atom. The molecule has 0 aromatic carbocycles. The molecule has 2 fully saturated rings. The Bertz CT molecular complexity index is 316. The molecule has 0 bridgehead atoms. The third-order valence-corrected chi connectivity index (χ3v) is 4.42. The zero-order valence-corrected chi connectivity index (χ0v) is 9.76. The fourth-order valence-corrected chi connectivity index (χ4v) is 3.43. The molecule has 2 aliphatic heterocycles. The van der Waals surface area contributed by atoms with Crippen molar-refractivity contribution in [3.05, 3.63) is 22.4 Å². The Morgan fingerprint density at radius 1 is 1.47 bits per heavy atom. The lowest BCUT2D eigenvalue weighted by Crippen LogP contribution is -2.27. The van der Waals surface area contributed by atoms with Crippen molar-refractivity contribution in [2.45, 2.75) is 19.4 Å². The van der Waals surface area contributed by atoms with Gasteiger partial charge in [0.15, 0.2) is 0 Å². The van der Waals surface area contributed by atoms with Gasteiger partial charge in [-0.3, -0.25) is 4.90 Å². The van der Waals surface area contributed by atoms with Crippen molar-refractivity contribution in [3.8, 4) is 0 Å².